The van der Waals surface area contributed by atoms with E-state index >= 15 is 0 Å². The molecular formula is C13H27NO. The van der Waals surface area contributed by atoms with E-state index in [1.165, 1.54) is 51.6 Å². The molecular weight excluding hydrogens is 186 g/mol. The Morgan fingerprint density at radius 2 is 2.07 bits per heavy atom. The summed E-state index contributed by atoms with van der Waals surface area (Å²) in [6, 6.07) is 0.444. The van der Waals surface area contributed by atoms with Crippen LogP contribution in [0.4, 0.5) is 0 Å². The first-order chi connectivity index (χ1) is 7.24. The molecule has 0 spiro atoms. The van der Waals surface area contributed by atoms with Crippen molar-refractivity contribution in [2.45, 2.75) is 58.4 Å². The van der Waals surface area contributed by atoms with Gasteiger partial charge in [-0.15, -0.1) is 0 Å². The van der Waals surface area contributed by atoms with Gasteiger partial charge in [-0.1, -0.05) is 26.7 Å². The molecule has 2 heteroatoms. The first kappa shape index (κ1) is 13.0. The van der Waals surface area contributed by atoms with Crippen LogP contribution in [-0.4, -0.2) is 35.7 Å². The van der Waals surface area contributed by atoms with Crippen molar-refractivity contribution in [2.75, 3.05) is 19.7 Å². The highest BCUT2D eigenvalue weighted by Crippen LogP contribution is 2.17. The maximum atomic E-state index is 9.35. The molecule has 0 aromatic carbocycles. The summed E-state index contributed by atoms with van der Waals surface area (Å²) in [6.45, 7) is 7.30. The number of hydrogen-bond acceptors (Lipinski definition) is 2. The Hall–Kier alpha value is -0.0800. The first-order valence-corrected chi connectivity index (χ1v) is 6.59. The van der Waals surface area contributed by atoms with E-state index in [2.05, 4.69) is 18.7 Å². The highest BCUT2D eigenvalue weighted by molar-refractivity contribution is 4.74. The van der Waals surface area contributed by atoms with Crippen LogP contribution in [0.5, 0.6) is 0 Å². The van der Waals surface area contributed by atoms with Crippen molar-refractivity contribution in [3.63, 3.8) is 0 Å². The van der Waals surface area contributed by atoms with Crippen molar-refractivity contribution in [1.29, 1.82) is 0 Å². The molecule has 1 unspecified atom stereocenters. The lowest BCUT2D eigenvalue weighted by atomic mass is 10.1. The van der Waals surface area contributed by atoms with Gasteiger partial charge in [0.2, 0.25) is 0 Å². The molecule has 1 aliphatic rings. The fourth-order valence-electron chi connectivity index (χ4n) is 2.44. The standard InChI is InChI=1S/C13H27NO/c1-12(2)7-6-10-14-9-5-3-4-8-13(14)11-15/h12-13,15H,3-11H2,1-2H3. The Labute approximate surface area is 94.7 Å². The Balaban J connectivity index is 2.28. The van der Waals surface area contributed by atoms with Gasteiger partial charge in [-0.3, -0.25) is 4.90 Å². The second-order valence-electron chi connectivity index (χ2n) is 5.26. The summed E-state index contributed by atoms with van der Waals surface area (Å²) in [5.74, 6) is 0.810. The smallest absolute Gasteiger partial charge is 0.0586 e. The van der Waals surface area contributed by atoms with Crippen LogP contribution < -0.4 is 0 Å². The van der Waals surface area contributed by atoms with Gasteiger partial charge < -0.3 is 5.11 Å². The molecule has 0 radical (unpaired) electrons. The molecule has 1 fully saturated rings. The fourth-order valence-corrected chi connectivity index (χ4v) is 2.44. The summed E-state index contributed by atoms with van der Waals surface area (Å²) >= 11 is 0. The topological polar surface area (TPSA) is 23.5 Å². The second-order valence-corrected chi connectivity index (χ2v) is 5.26. The molecule has 0 aliphatic carbocycles. The summed E-state index contributed by atoms with van der Waals surface area (Å²) in [6.07, 6.45) is 7.75. The summed E-state index contributed by atoms with van der Waals surface area (Å²) in [4.78, 5) is 2.51. The number of rotatable bonds is 5. The van der Waals surface area contributed by atoms with Crippen LogP contribution in [0.15, 0.2) is 0 Å². The molecule has 0 amide bonds. The molecule has 1 N–H and O–H groups in total. The maximum absolute atomic E-state index is 9.35. The van der Waals surface area contributed by atoms with E-state index in [4.69, 9.17) is 0 Å². The van der Waals surface area contributed by atoms with Crippen LogP contribution in [0.2, 0.25) is 0 Å². The van der Waals surface area contributed by atoms with Gasteiger partial charge in [-0.2, -0.15) is 0 Å². The third kappa shape index (κ3) is 4.98. The van der Waals surface area contributed by atoms with E-state index in [1.807, 2.05) is 0 Å². The molecule has 2 nitrogen and oxygen atoms in total. The van der Waals surface area contributed by atoms with Crippen molar-refractivity contribution in [3.8, 4) is 0 Å². The van der Waals surface area contributed by atoms with Gasteiger partial charge in [-0.25, -0.2) is 0 Å². The number of likely N-dealkylation sites (tertiary alicyclic amines) is 1. The Morgan fingerprint density at radius 3 is 2.73 bits per heavy atom. The van der Waals surface area contributed by atoms with Crippen LogP contribution in [0, 0.1) is 5.92 Å². The minimum absolute atomic E-state index is 0.349. The molecule has 0 aromatic rings. The van der Waals surface area contributed by atoms with E-state index in [-0.39, 0.29) is 0 Å². The minimum atomic E-state index is 0.349. The molecule has 0 saturated carbocycles. The van der Waals surface area contributed by atoms with E-state index < -0.39 is 0 Å². The van der Waals surface area contributed by atoms with Gasteiger partial charge in [0, 0.05) is 6.04 Å². The molecule has 1 atom stereocenters. The molecule has 1 saturated heterocycles. The molecule has 1 heterocycles. The van der Waals surface area contributed by atoms with E-state index in [0.717, 1.165) is 5.92 Å². The largest absolute Gasteiger partial charge is 0.395 e. The van der Waals surface area contributed by atoms with E-state index in [9.17, 15) is 5.11 Å². The van der Waals surface area contributed by atoms with Crippen molar-refractivity contribution in [3.05, 3.63) is 0 Å². The summed E-state index contributed by atoms with van der Waals surface area (Å²) in [5, 5.41) is 9.35. The third-order valence-corrected chi connectivity index (χ3v) is 3.44. The van der Waals surface area contributed by atoms with E-state index in [1.54, 1.807) is 0 Å². The van der Waals surface area contributed by atoms with Crippen LogP contribution in [-0.2, 0) is 0 Å². The fraction of sp³-hybridized carbons (Fsp3) is 1.00. The van der Waals surface area contributed by atoms with Gasteiger partial charge >= 0.3 is 0 Å². The normalized spacial score (nSPS) is 24.4. The second kappa shape index (κ2) is 7.24. The van der Waals surface area contributed by atoms with Gasteiger partial charge in [0.25, 0.3) is 0 Å². The number of aliphatic hydroxyl groups excluding tert-OH is 1. The lowest BCUT2D eigenvalue weighted by Gasteiger charge is -2.28. The molecule has 0 bridgehead atoms. The average Bonchev–Trinajstić information content (AvgIpc) is 2.42. The number of hydrogen-bond donors (Lipinski definition) is 1. The average molecular weight is 213 g/mol. The third-order valence-electron chi connectivity index (χ3n) is 3.44. The van der Waals surface area contributed by atoms with Gasteiger partial charge in [0.15, 0.2) is 0 Å². The van der Waals surface area contributed by atoms with Gasteiger partial charge in [0.05, 0.1) is 6.61 Å². The van der Waals surface area contributed by atoms with Crippen LogP contribution in [0.1, 0.15) is 52.4 Å². The molecule has 0 aromatic heterocycles. The SMILES string of the molecule is CC(C)CCCN1CCCCCC1CO. The van der Waals surface area contributed by atoms with Gasteiger partial charge in [0.1, 0.15) is 0 Å². The van der Waals surface area contributed by atoms with E-state index in [0.29, 0.717) is 12.6 Å². The van der Waals surface area contributed by atoms with Crippen molar-refractivity contribution in [2.24, 2.45) is 5.92 Å². The lowest BCUT2D eigenvalue weighted by molar-refractivity contribution is 0.121. The predicted molar refractivity (Wildman–Crippen MR) is 65.0 cm³/mol. The number of nitrogens with zero attached hydrogens (tertiary/aromatic N) is 1. The first-order valence-electron chi connectivity index (χ1n) is 6.59. The highest BCUT2D eigenvalue weighted by atomic mass is 16.3. The quantitative estimate of drug-likeness (QED) is 0.759. The minimum Gasteiger partial charge on any atom is -0.395 e. The van der Waals surface area contributed by atoms with Crippen LogP contribution >= 0.6 is 0 Å². The van der Waals surface area contributed by atoms with Crippen molar-refractivity contribution >= 4 is 0 Å². The summed E-state index contributed by atoms with van der Waals surface area (Å²) in [7, 11) is 0. The summed E-state index contributed by atoms with van der Waals surface area (Å²) in [5.41, 5.74) is 0. The molecule has 90 valence electrons. The van der Waals surface area contributed by atoms with Crippen LogP contribution in [0.3, 0.4) is 0 Å². The zero-order valence-corrected chi connectivity index (χ0v) is 10.4. The number of aliphatic hydroxyl groups is 1. The Morgan fingerprint density at radius 1 is 1.27 bits per heavy atom. The zero-order chi connectivity index (χ0) is 11.1. The predicted octanol–water partition coefficient (Wildman–Crippen LogP) is 2.66. The zero-order valence-electron chi connectivity index (χ0n) is 10.4. The van der Waals surface area contributed by atoms with Gasteiger partial charge in [-0.05, 0) is 44.7 Å². The lowest BCUT2D eigenvalue weighted by Crippen LogP contribution is -2.38. The summed E-state index contributed by atoms with van der Waals surface area (Å²) < 4.78 is 0. The Kier molecular flexibility index (Phi) is 6.26. The monoisotopic (exact) mass is 213 g/mol. The molecule has 15 heavy (non-hydrogen) atoms. The van der Waals surface area contributed by atoms with Crippen molar-refractivity contribution in [1.82, 2.24) is 4.90 Å². The van der Waals surface area contributed by atoms with Crippen molar-refractivity contribution < 1.29 is 5.11 Å². The maximum Gasteiger partial charge on any atom is 0.0586 e. The molecule has 1 rings (SSSR count). The highest BCUT2D eigenvalue weighted by Gasteiger charge is 2.19. The molecule has 1 aliphatic heterocycles. The Bertz CT molecular complexity index is 159. The van der Waals surface area contributed by atoms with Crippen LogP contribution in [0.25, 0.3) is 0 Å².